The molecule has 0 saturated carbocycles. The zero-order chi connectivity index (χ0) is 23.1. The zero-order valence-corrected chi connectivity index (χ0v) is 19.1. The molecule has 0 spiro atoms. The van der Waals surface area contributed by atoms with Gasteiger partial charge in [-0.25, -0.2) is 13.2 Å². The normalized spacial score (nSPS) is 14.8. The molecule has 2 amide bonds. The topological polar surface area (TPSA) is 113 Å². The number of nitrogens with one attached hydrogen (secondary N) is 1. The molecule has 3 rings (SSSR count). The third kappa shape index (κ3) is 6.54. The molecule has 8 nitrogen and oxygen atoms in total. The molecule has 32 heavy (non-hydrogen) atoms. The number of piperazine rings is 1. The van der Waals surface area contributed by atoms with Crippen molar-refractivity contribution in [1.29, 1.82) is 0 Å². The summed E-state index contributed by atoms with van der Waals surface area (Å²) in [7, 11) is -3.57. The predicted molar refractivity (Wildman–Crippen MR) is 126 cm³/mol. The molecule has 1 aliphatic heterocycles. The molecule has 0 bridgehead atoms. The smallest absolute Gasteiger partial charge is 0.316 e. The summed E-state index contributed by atoms with van der Waals surface area (Å²) < 4.78 is 23.8. The summed E-state index contributed by atoms with van der Waals surface area (Å²) in [4.78, 5) is 28.5. The third-order valence-electron chi connectivity index (χ3n) is 5.58. The number of anilines is 2. The van der Waals surface area contributed by atoms with Crippen molar-refractivity contribution in [2.75, 3.05) is 49.2 Å². The Bertz CT molecular complexity index is 1050. The number of Topliss-reactive ketones (excluding diaryl/α,β-unsaturated/α-hetero) is 1. The van der Waals surface area contributed by atoms with E-state index < -0.39 is 15.9 Å². The number of carbonyl (C=O) groups excluding carboxylic acids is 2. The van der Waals surface area contributed by atoms with Gasteiger partial charge < -0.3 is 16.0 Å². The van der Waals surface area contributed by atoms with Gasteiger partial charge in [-0.3, -0.25) is 9.69 Å². The van der Waals surface area contributed by atoms with Crippen LogP contribution >= 0.6 is 0 Å². The van der Waals surface area contributed by atoms with Crippen LogP contribution in [-0.4, -0.2) is 64.1 Å². The molecule has 1 saturated heterocycles. The number of hydrogen-bond donors (Lipinski definition) is 2. The van der Waals surface area contributed by atoms with Crippen molar-refractivity contribution in [3.05, 3.63) is 54.1 Å². The van der Waals surface area contributed by atoms with Crippen molar-refractivity contribution in [3.8, 4) is 0 Å². The van der Waals surface area contributed by atoms with Gasteiger partial charge in [0.2, 0.25) is 0 Å². The van der Waals surface area contributed by atoms with Gasteiger partial charge >= 0.3 is 6.03 Å². The van der Waals surface area contributed by atoms with E-state index >= 15 is 0 Å². The lowest BCUT2D eigenvalue weighted by atomic mass is 10.0. The number of primary amides is 1. The Hall–Kier alpha value is -2.91. The minimum absolute atomic E-state index is 0.0298. The lowest BCUT2D eigenvalue weighted by Crippen LogP contribution is -2.46. The number of nitrogens with zero attached hydrogens (tertiary/aromatic N) is 2. The summed E-state index contributed by atoms with van der Waals surface area (Å²) in [5.41, 5.74) is 6.78. The van der Waals surface area contributed by atoms with Crippen LogP contribution in [0.2, 0.25) is 0 Å². The molecule has 0 aromatic heterocycles. The number of hydrogen-bond acceptors (Lipinski definition) is 6. The molecule has 2 aromatic rings. The van der Waals surface area contributed by atoms with Crippen LogP contribution in [0.5, 0.6) is 0 Å². The molecule has 3 N–H and O–H groups in total. The fourth-order valence-electron chi connectivity index (χ4n) is 3.89. The SMILES string of the molecule is CS(=O)(=O)c1ccc(C(=O)CCCCN2CCN(c3ccccc3)CC2)cc1NC(N)=O. The maximum absolute atomic E-state index is 12.6. The number of para-hydroxylation sites is 1. The van der Waals surface area contributed by atoms with Crippen LogP contribution in [-0.2, 0) is 9.84 Å². The van der Waals surface area contributed by atoms with Crippen LogP contribution in [0.1, 0.15) is 29.6 Å². The van der Waals surface area contributed by atoms with Crippen molar-refractivity contribution in [3.63, 3.8) is 0 Å². The van der Waals surface area contributed by atoms with Crippen LogP contribution in [0.3, 0.4) is 0 Å². The Morgan fingerprint density at radius 3 is 2.31 bits per heavy atom. The molecule has 172 valence electrons. The number of ketones is 1. The fraction of sp³-hybridized carbons (Fsp3) is 0.391. The van der Waals surface area contributed by atoms with Gasteiger partial charge in [0.15, 0.2) is 15.6 Å². The van der Waals surface area contributed by atoms with Gasteiger partial charge in [-0.05, 0) is 49.7 Å². The minimum Gasteiger partial charge on any atom is -0.369 e. The summed E-state index contributed by atoms with van der Waals surface area (Å²) in [6.07, 6.45) is 3.04. The van der Waals surface area contributed by atoms with Gasteiger partial charge in [0.1, 0.15) is 0 Å². The largest absolute Gasteiger partial charge is 0.369 e. The van der Waals surface area contributed by atoms with E-state index in [9.17, 15) is 18.0 Å². The number of carbonyl (C=O) groups is 2. The Balaban J connectivity index is 1.46. The van der Waals surface area contributed by atoms with E-state index in [2.05, 4.69) is 39.4 Å². The predicted octanol–water partition coefficient (Wildman–Crippen LogP) is 2.76. The average Bonchev–Trinajstić information content (AvgIpc) is 2.76. The summed E-state index contributed by atoms with van der Waals surface area (Å²) >= 11 is 0. The van der Waals surface area contributed by atoms with Crippen molar-refractivity contribution >= 4 is 33.0 Å². The molecule has 0 atom stereocenters. The Morgan fingerprint density at radius 2 is 1.69 bits per heavy atom. The second-order valence-electron chi connectivity index (χ2n) is 8.02. The lowest BCUT2D eigenvalue weighted by Gasteiger charge is -2.36. The molecule has 9 heteroatoms. The van der Waals surface area contributed by atoms with Crippen LogP contribution in [0.4, 0.5) is 16.2 Å². The molecule has 2 aromatic carbocycles. The monoisotopic (exact) mass is 458 g/mol. The van der Waals surface area contributed by atoms with Gasteiger partial charge in [-0.15, -0.1) is 0 Å². The Labute approximate surface area is 189 Å². The Morgan fingerprint density at radius 1 is 1.00 bits per heavy atom. The number of rotatable bonds is 9. The maximum Gasteiger partial charge on any atom is 0.316 e. The maximum atomic E-state index is 12.6. The molecule has 1 fully saturated rings. The minimum atomic E-state index is -3.57. The highest BCUT2D eigenvalue weighted by Crippen LogP contribution is 2.24. The number of urea groups is 1. The second-order valence-corrected chi connectivity index (χ2v) is 10.0. The van der Waals surface area contributed by atoms with E-state index in [1.54, 1.807) is 0 Å². The van der Waals surface area contributed by atoms with Crippen molar-refractivity contribution in [1.82, 2.24) is 4.90 Å². The molecule has 0 unspecified atom stereocenters. The van der Waals surface area contributed by atoms with Gasteiger partial charge in [-0.2, -0.15) is 0 Å². The first kappa shape index (κ1) is 23.7. The highest BCUT2D eigenvalue weighted by molar-refractivity contribution is 7.90. The van der Waals surface area contributed by atoms with Gasteiger partial charge in [0.05, 0.1) is 10.6 Å². The zero-order valence-electron chi connectivity index (χ0n) is 18.3. The fourth-order valence-corrected chi connectivity index (χ4v) is 4.72. The standard InChI is InChI=1S/C23H30N4O4S/c1-32(30,31)22-11-10-18(17-20(22)25-23(24)29)21(28)9-5-6-12-26-13-15-27(16-14-26)19-7-3-2-4-8-19/h2-4,7-8,10-11,17H,5-6,9,12-16H2,1H3,(H3,24,25,29). The van der Waals surface area contributed by atoms with Crippen LogP contribution < -0.4 is 16.0 Å². The number of sulfone groups is 1. The first-order chi connectivity index (χ1) is 15.2. The number of unbranched alkanes of at least 4 members (excludes halogenated alkanes) is 1. The third-order valence-corrected chi connectivity index (χ3v) is 6.74. The van der Waals surface area contributed by atoms with Crippen molar-refractivity contribution in [2.24, 2.45) is 5.73 Å². The quantitative estimate of drug-likeness (QED) is 0.441. The summed E-state index contributed by atoms with van der Waals surface area (Å²) in [5.74, 6) is -0.0912. The van der Waals surface area contributed by atoms with E-state index in [1.165, 1.54) is 23.9 Å². The van der Waals surface area contributed by atoms with Crippen LogP contribution in [0.25, 0.3) is 0 Å². The highest BCUT2D eigenvalue weighted by atomic mass is 32.2. The molecule has 0 aliphatic carbocycles. The van der Waals surface area contributed by atoms with E-state index in [4.69, 9.17) is 5.73 Å². The van der Waals surface area contributed by atoms with Crippen LogP contribution in [0.15, 0.2) is 53.4 Å². The first-order valence-electron chi connectivity index (χ1n) is 10.7. The van der Waals surface area contributed by atoms with Crippen LogP contribution in [0, 0.1) is 0 Å². The van der Waals surface area contributed by atoms with E-state index in [0.29, 0.717) is 12.0 Å². The highest BCUT2D eigenvalue weighted by Gasteiger charge is 2.18. The van der Waals surface area contributed by atoms with E-state index in [0.717, 1.165) is 51.8 Å². The van der Waals surface area contributed by atoms with Gasteiger partial charge in [0.25, 0.3) is 0 Å². The second kappa shape index (κ2) is 10.6. The number of nitrogens with two attached hydrogens (primary N) is 1. The van der Waals surface area contributed by atoms with Crippen molar-refractivity contribution in [2.45, 2.75) is 24.2 Å². The van der Waals surface area contributed by atoms with Crippen molar-refractivity contribution < 1.29 is 18.0 Å². The summed E-state index contributed by atoms with van der Waals surface area (Å²) in [6.45, 7) is 4.92. The first-order valence-corrected chi connectivity index (χ1v) is 12.6. The molecule has 1 aliphatic rings. The van der Waals surface area contributed by atoms with Gasteiger partial charge in [0, 0.05) is 50.1 Å². The number of benzene rings is 2. The number of amides is 2. The van der Waals surface area contributed by atoms with E-state index in [-0.39, 0.29) is 16.4 Å². The summed E-state index contributed by atoms with van der Waals surface area (Å²) in [5, 5.41) is 2.30. The van der Waals surface area contributed by atoms with E-state index in [1.807, 2.05) is 6.07 Å². The molecule has 1 heterocycles. The molecular formula is C23H30N4O4S. The Kier molecular flexibility index (Phi) is 7.87. The summed E-state index contributed by atoms with van der Waals surface area (Å²) in [6, 6.07) is 13.7. The average molecular weight is 459 g/mol. The van der Waals surface area contributed by atoms with Gasteiger partial charge in [-0.1, -0.05) is 18.2 Å². The lowest BCUT2D eigenvalue weighted by molar-refractivity contribution is 0.0977. The molecular weight excluding hydrogens is 428 g/mol. The molecule has 0 radical (unpaired) electrons.